The van der Waals surface area contributed by atoms with Crippen LogP contribution in [0, 0.1) is 5.92 Å². The summed E-state index contributed by atoms with van der Waals surface area (Å²) in [7, 11) is 0. The number of hydrogen-bond acceptors (Lipinski definition) is 6. The summed E-state index contributed by atoms with van der Waals surface area (Å²) in [6, 6.07) is 5.19. The minimum absolute atomic E-state index is 0.157. The highest BCUT2D eigenvalue weighted by Gasteiger charge is 2.31. The van der Waals surface area contributed by atoms with Gasteiger partial charge in [0.25, 0.3) is 11.8 Å². The zero-order valence-corrected chi connectivity index (χ0v) is 26.3. The molecule has 4 heterocycles. The summed E-state index contributed by atoms with van der Waals surface area (Å²) in [5.74, 6) is 0.514. The van der Waals surface area contributed by atoms with Crippen molar-refractivity contribution in [3.8, 4) is 0 Å². The Morgan fingerprint density at radius 2 is 1.83 bits per heavy atom. The second-order valence-corrected chi connectivity index (χ2v) is 12.4. The quantitative estimate of drug-likeness (QED) is 0.401. The lowest BCUT2D eigenvalue weighted by Crippen LogP contribution is -2.40. The van der Waals surface area contributed by atoms with Gasteiger partial charge in [0.15, 0.2) is 0 Å². The highest BCUT2D eigenvalue weighted by molar-refractivity contribution is 6.10. The molecule has 5 rings (SSSR count). The summed E-state index contributed by atoms with van der Waals surface area (Å²) in [5.41, 5.74) is 5.19. The van der Waals surface area contributed by atoms with Gasteiger partial charge in [-0.2, -0.15) is 0 Å². The molecule has 1 atom stereocenters. The van der Waals surface area contributed by atoms with E-state index in [1.54, 1.807) is 0 Å². The van der Waals surface area contributed by atoms with Crippen LogP contribution in [0.4, 0.5) is 5.69 Å². The highest BCUT2D eigenvalue weighted by atomic mass is 16.5. The number of aliphatic imine (C=N–C) groups is 1. The van der Waals surface area contributed by atoms with Gasteiger partial charge in [-0.05, 0) is 97.5 Å². The first-order valence-electron chi connectivity index (χ1n) is 15.9. The lowest BCUT2D eigenvalue weighted by Gasteiger charge is -2.37. The standard InChI is InChI=1S/C34H48N4O4/c1-7-26-29(38(8-2)25-11-15-41-16-12-25)19-31-27(18-30(42-31)24-9-13-37(14-10-24)21(3)4)32(26)34(40)35-20-28-22(5)17-23(6)36-33(28)39/h17-19,21,24-25,28H,7-16,20H2,1-6H3,(H,35,40). The van der Waals surface area contributed by atoms with Gasteiger partial charge in [0.1, 0.15) is 11.3 Å². The molecule has 0 bridgehead atoms. The molecule has 1 aromatic heterocycles. The van der Waals surface area contributed by atoms with Crippen LogP contribution in [0.2, 0.25) is 0 Å². The van der Waals surface area contributed by atoms with Crippen molar-refractivity contribution in [2.75, 3.05) is 44.3 Å². The van der Waals surface area contributed by atoms with E-state index in [9.17, 15) is 9.59 Å². The van der Waals surface area contributed by atoms with E-state index in [4.69, 9.17) is 9.15 Å². The number of anilines is 1. The Morgan fingerprint density at radius 3 is 2.45 bits per heavy atom. The fourth-order valence-electron chi connectivity index (χ4n) is 7.07. The lowest BCUT2D eigenvalue weighted by molar-refractivity contribution is -0.120. The van der Waals surface area contributed by atoms with Crippen LogP contribution in [0.3, 0.4) is 0 Å². The molecule has 2 saturated heterocycles. The van der Waals surface area contributed by atoms with Crippen molar-refractivity contribution in [1.82, 2.24) is 10.2 Å². The minimum Gasteiger partial charge on any atom is -0.461 e. The average Bonchev–Trinajstić information content (AvgIpc) is 3.40. The molecule has 0 aliphatic carbocycles. The molecule has 8 heteroatoms. The lowest BCUT2D eigenvalue weighted by atomic mass is 9.92. The van der Waals surface area contributed by atoms with Gasteiger partial charge in [0.2, 0.25) is 0 Å². The number of carbonyl (C=O) groups is 2. The largest absolute Gasteiger partial charge is 0.461 e. The Bertz CT molecular complexity index is 1360. The van der Waals surface area contributed by atoms with Crippen molar-refractivity contribution in [1.29, 1.82) is 0 Å². The number of nitrogens with one attached hydrogen (secondary N) is 1. The molecule has 42 heavy (non-hydrogen) atoms. The van der Waals surface area contributed by atoms with Crippen LogP contribution >= 0.6 is 0 Å². The number of ether oxygens (including phenoxy) is 1. The number of piperidine rings is 1. The summed E-state index contributed by atoms with van der Waals surface area (Å²) >= 11 is 0. The van der Waals surface area contributed by atoms with Gasteiger partial charge in [-0.3, -0.25) is 9.59 Å². The third kappa shape index (κ3) is 6.20. The fraction of sp³-hybridized carbons (Fsp3) is 0.618. The number of amides is 2. The van der Waals surface area contributed by atoms with E-state index in [-0.39, 0.29) is 18.4 Å². The van der Waals surface area contributed by atoms with E-state index >= 15 is 0 Å². The average molecular weight is 577 g/mol. The number of likely N-dealkylation sites (tertiary alicyclic amines) is 1. The number of carbonyl (C=O) groups excluding carboxylic acids is 2. The molecule has 1 aromatic carbocycles. The molecule has 0 saturated carbocycles. The van der Waals surface area contributed by atoms with Crippen LogP contribution in [0.15, 0.2) is 33.2 Å². The van der Waals surface area contributed by atoms with Crippen molar-refractivity contribution < 1.29 is 18.7 Å². The first-order valence-corrected chi connectivity index (χ1v) is 15.9. The molecule has 2 aromatic rings. The summed E-state index contributed by atoms with van der Waals surface area (Å²) < 4.78 is 12.3. The Hall–Kier alpha value is -2.97. The molecule has 1 unspecified atom stereocenters. The maximum atomic E-state index is 14.1. The van der Waals surface area contributed by atoms with Gasteiger partial charge in [-0.15, -0.1) is 0 Å². The smallest absolute Gasteiger partial charge is 0.254 e. The molecule has 3 aliphatic heterocycles. The van der Waals surface area contributed by atoms with Crippen LogP contribution in [0.5, 0.6) is 0 Å². The number of hydrogen-bond donors (Lipinski definition) is 1. The Labute approximate surface area is 250 Å². The molecule has 0 spiro atoms. The van der Waals surface area contributed by atoms with E-state index < -0.39 is 5.92 Å². The van der Waals surface area contributed by atoms with E-state index in [0.29, 0.717) is 35.7 Å². The van der Waals surface area contributed by atoms with Crippen molar-refractivity contribution in [2.24, 2.45) is 10.9 Å². The van der Waals surface area contributed by atoms with Gasteiger partial charge in [0, 0.05) is 67.2 Å². The maximum Gasteiger partial charge on any atom is 0.254 e. The number of fused-ring (bicyclic) bond motifs is 1. The van der Waals surface area contributed by atoms with Gasteiger partial charge >= 0.3 is 0 Å². The highest BCUT2D eigenvalue weighted by Crippen LogP contribution is 2.39. The monoisotopic (exact) mass is 576 g/mol. The zero-order valence-electron chi connectivity index (χ0n) is 26.3. The molecule has 1 N–H and O–H groups in total. The van der Waals surface area contributed by atoms with E-state index in [0.717, 1.165) is 92.1 Å². The van der Waals surface area contributed by atoms with Crippen molar-refractivity contribution in [2.45, 2.75) is 91.6 Å². The summed E-state index contributed by atoms with van der Waals surface area (Å²) in [6.07, 6.45) is 6.66. The predicted molar refractivity (Wildman–Crippen MR) is 169 cm³/mol. The van der Waals surface area contributed by atoms with E-state index in [1.807, 2.05) is 19.9 Å². The minimum atomic E-state index is -0.443. The second kappa shape index (κ2) is 13.1. The molecular formula is C34H48N4O4. The van der Waals surface area contributed by atoms with Gasteiger partial charge in [-0.25, -0.2) is 4.99 Å². The fourth-order valence-corrected chi connectivity index (χ4v) is 7.07. The molecular weight excluding hydrogens is 528 g/mol. The van der Waals surface area contributed by atoms with Crippen molar-refractivity contribution in [3.63, 3.8) is 0 Å². The third-order valence-electron chi connectivity index (χ3n) is 9.49. The summed E-state index contributed by atoms with van der Waals surface area (Å²) in [6.45, 7) is 17.2. The molecule has 2 amide bonds. The van der Waals surface area contributed by atoms with Crippen LogP contribution < -0.4 is 10.2 Å². The molecule has 3 aliphatic rings. The van der Waals surface area contributed by atoms with Crippen LogP contribution in [-0.4, -0.2) is 73.9 Å². The first kappa shape index (κ1) is 30.5. The summed E-state index contributed by atoms with van der Waals surface area (Å²) in [4.78, 5) is 35.9. The number of furan rings is 1. The van der Waals surface area contributed by atoms with Crippen molar-refractivity contribution in [3.05, 3.63) is 40.7 Å². The Morgan fingerprint density at radius 1 is 1.12 bits per heavy atom. The van der Waals surface area contributed by atoms with Gasteiger partial charge in [0.05, 0.1) is 11.5 Å². The van der Waals surface area contributed by atoms with Crippen LogP contribution in [0.25, 0.3) is 11.0 Å². The molecule has 8 nitrogen and oxygen atoms in total. The normalized spacial score (nSPS) is 21.1. The number of dihydropyridines is 1. The number of nitrogens with zero attached hydrogens (tertiary/aromatic N) is 3. The van der Waals surface area contributed by atoms with Gasteiger partial charge in [-0.1, -0.05) is 12.5 Å². The third-order valence-corrected chi connectivity index (χ3v) is 9.49. The molecule has 2 fully saturated rings. The second-order valence-electron chi connectivity index (χ2n) is 12.4. The number of allylic oxidation sites excluding steroid dienone is 1. The summed E-state index contributed by atoms with van der Waals surface area (Å²) in [5, 5.41) is 3.99. The van der Waals surface area contributed by atoms with E-state index in [1.165, 1.54) is 0 Å². The number of rotatable bonds is 9. The number of benzene rings is 1. The first-order chi connectivity index (χ1) is 20.2. The predicted octanol–water partition coefficient (Wildman–Crippen LogP) is 5.88. The zero-order chi connectivity index (χ0) is 30.0. The molecule has 228 valence electrons. The maximum absolute atomic E-state index is 14.1. The van der Waals surface area contributed by atoms with E-state index in [2.05, 4.69) is 59.9 Å². The topological polar surface area (TPSA) is 87.4 Å². The van der Waals surface area contributed by atoms with Gasteiger partial charge < -0.3 is 24.3 Å². The van der Waals surface area contributed by atoms with Crippen LogP contribution in [0.1, 0.15) is 94.8 Å². The molecule has 0 radical (unpaired) electrons. The Kier molecular flexibility index (Phi) is 9.53. The SMILES string of the molecule is CCc1c(N(CC)C2CCOCC2)cc2oc(C3CCN(C(C)C)CC3)cc2c1C(=O)NCC1C(=O)N=C(C)C=C1C. The van der Waals surface area contributed by atoms with Crippen molar-refractivity contribution >= 4 is 34.2 Å². The van der Waals surface area contributed by atoms with Crippen LogP contribution in [-0.2, 0) is 16.0 Å². The Balaban J connectivity index is 1.53.